The summed E-state index contributed by atoms with van der Waals surface area (Å²) in [5.74, 6) is 0. The SMILES string of the molecule is CCCCN1N=CN(I)C1C. The van der Waals surface area contributed by atoms with Gasteiger partial charge in [-0.25, -0.2) is 0 Å². The van der Waals surface area contributed by atoms with E-state index in [2.05, 4.69) is 49.9 Å². The summed E-state index contributed by atoms with van der Waals surface area (Å²) in [5, 5.41) is 6.38. The molecular formula is C7H14IN3. The summed E-state index contributed by atoms with van der Waals surface area (Å²) in [6.07, 6.45) is 4.77. The summed E-state index contributed by atoms with van der Waals surface area (Å²) < 4.78 is 2.09. The third kappa shape index (κ3) is 2.21. The Hall–Kier alpha value is 0. The van der Waals surface area contributed by atoms with Crippen molar-refractivity contribution in [3.05, 3.63) is 0 Å². The molecule has 1 unspecified atom stereocenters. The summed E-state index contributed by atoms with van der Waals surface area (Å²) in [5.41, 5.74) is 0. The number of nitrogens with zero attached hydrogens (tertiary/aromatic N) is 3. The maximum absolute atomic E-state index is 4.26. The van der Waals surface area contributed by atoms with E-state index in [9.17, 15) is 0 Å². The third-order valence-electron chi connectivity index (χ3n) is 1.84. The lowest BCUT2D eigenvalue weighted by Crippen LogP contribution is -2.31. The Kier molecular flexibility index (Phi) is 3.42. The van der Waals surface area contributed by atoms with Crippen molar-refractivity contribution in [1.82, 2.24) is 8.12 Å². The average Bonchev–Trinajstić information content (AvgIpc) is 2.31. The number of rotatable bonds is 3. The molecule has 0 saturated carbocycles. The molecule has 1 atom stereocenters. The van der Waals surface area contributed by atoms with E-state index in [-0.39, 0.29) is 0 Å². The van der Waals surface area contributed by atoms with Crippen LogP contribution in [0.4, 0.5) is 0 Å². The Morgan fingerprint density at radius 1 is 1.64 bits per heavy atom. The molecule has 1 rings (SSSR count). The highest BCUT2D eigenvalue weighted by atomic mass is 127. The van der Waals surface area contributed by atoms with Gasteiger partial charge in [0.05, 0.1) is 22.9 Å². The highest BCUT2D eigenvalue weighted by Crippen LogP contribution is 2.15. The van der Waals surface area contributed by atoms with E-state index in [1.807, 2.05) is 6.34 Å². The molecular weight excluding hydrogens is 253 g/mol. The predicted octanol–water partition coefficient (Wildman–Crippen LogP) is 2.04. The quantitative estimate of drug-likeness (QED) is 0.575. The number of halogens is 1. The van der Waals surface area contributed by atoms with Gasteiger partial charge >= 0.3 is 0 Å². The molecule has 0 saturated heterocycles. The summed E-state index contributed by atoms with van der Waals surface area (Å²) in [4.78, 5) is 0. The Morgan fingerprint density at radius 3 is 2.82 bits per heavy atom. The monoisotopic (exact) mass is 267 g/mol. The summed E-state index contributed by atoms with van der Waals surface area (Å²) >= 11 is 2.27. The maximum atomic E-state index is 4.26. The molecule has 64 valence electrons. The van der Waals surface area contributed by atoms with Gasteiger partial charge in [-0.2, -0.15) is 5.10 Å². The molecule has 0 aromatic rings. The minimum Gasteiger partial charge on any atom is -0.281 e. The van der Waals surface area contributed by atoms with Crippen LogP contribution in [0, 0.1) is 0 Å². The molecule has 0 spiro atoms. The molecule has 1 aliphatic heterocycles. The van der Waals surface area contributed by atoms with E-state index in [1.54, 1.807) is 0 Å². The van der Waals surface area contributed by atoms with Crippen molar-refractivity contribution in [2.45, 2.75) is 32.9 Å². The van der Waals surface area contributed by atoms with E-state index in [1.165, 1.54) is 12.8 Å². The molecule has 4 heteroatoms. The zero-order valence-corrected chi connectivity index (χ0v) is 9.15. The van der Waals surface area contributed by atoms with Crippen LogP contribution in [-0.4, -0.2) is 27.2 Å². The highest BCUT2D eigenvalue weighted by Gasteiger charge is 2.20. The second kappa shape index (κ2) is 4.13. The van der Waals surface area contributed by atoms with Crippen LogP contribution in [0.25, 0.3) is 0 Å². The fraction of sp³-hybridized carbons (Fsp3) is 0.857. The van der Waals surface area contributed by atoms with E-state index < -0.39 is 0 Å². The normalized spacial score (nSPS) is 23.4. The Labute approximate surface area is 81.9 Å². The standard InChI is InChI=1S/C7H14IN3/c1-3-4-5-11-7(2)10(8)6-9-11/h6-7H,3-5H2,1-2H3. The fourth-order valence-electron chi connectivity index (χ4n) is 1.00. The van der Waals surface area contributed by atoms with E-state index >= 15 is 0 Å². The minimum absolute atomic E-state index is 0.433. The van der Waals surface area contributed by atoms with Gasteiger partial charge in [-0.3, -0.25) is 8.12 Å². The van der Waals surface area contributed by atoms with Crippen LogP contribution < -0.4 is 0 Å². The first-order chi connectivity index (χ1) is 5.25. The predicted molar refractivity (Wildman–Crippen MR) is 55.4 cm³/mol. The first kappa shape index (κ1) is 9.09. The molecule has 0 aromatic carbocycles. The van der Waals surface area contributed by atoms with E-state index in [0.29, 0.717) is 6.17 Å². The van der Waals surface area contributed by atoms with Crippen molar-refractivity contribution in [2.75, 3.05) is 6.54 Å². The third-order valence-corrected chi connectivity index (χ3v) is 2.89. The smallest absolute Gasteiger partial charge is 0.125 e. The molecule has 0 bridgehead atoms. The zero-order valence-electron chi connectivity index (χ0n) is 7.00. The molecule has 1 aliphatic rings. The van der Waals surface area contributed by atoms with Crippen LogP contribution in [-0.2, 0) is 0 Å². The number of hydrogen-bond acceptors (Lipinski definition) is 3. The molecule has 0 N–H and O–H groups in total. The van der Waals surface area contributed by atoms with Crippen molar-refractivity contribution in [3.63, 3.8) is 0 Å². The van der Waals surface area contributed by atoms with Gasteiger partial charge in [-0.1, -0.05) is 13.3 Å². The highest BCUT2D eigenvalue weighted by molar-refractivity contribution is 14.1. The van der Waals surface area contributed by atoms with Gasteiger partial charge in [0, 0.05) is 6.54 Å². The van der Waals surface area contributed by atoms with Crippen LogP contribution in [0.3, 0.4) is 0 Å². The lowest BCUT2D eigenvalue weighted by atomic mass is 10.3. The van der Waals surface area contributed by atoms with Gasteiger partial charge in [-0.05, 0) is 13.3 Å². The minimum atomic E-state index is 0.433. The lowest BCUT2D eigenvalue weighted by molar-refractivity contribution is 0.200. The molecule has 1 heterocycles. The Balaban J connectivity index is 2.31. The van der Waals surface area contributed by atoms with Crippen LogP contribution in [0.1, 0.15) is 26.7 Å². The first-order valence-electron chi connectivity index (χ1n) is 4.00. The van der Waals surface area contributed by atoms with Crippen molar-refractivity contribution in [1.29, 1.82) is 0 Å². The molecule has 3 nitrogen and oxygen atoms in total. The number of unbranched alkanes of at least 4 members (excludes halogenated alkanes) is 1. The summed E-state index contributed by atoms with van der Waals surface area (Å²) in [6.45, 7) is 5.44. The van der Waals surface area contributed by atoms with Crippen LogP contribution in [0.15, 0.2) is 5.10 Å². The van der Waals surface area contributed by atoms with Crippen molar-refractivity contribution >= 4 is 29.2 Å². The van der Waals surface area contributed by atoms with Gasteiger partial charge in [0.25, 0.3) is 0 Å². The first-order valence-corrected chi connectivity index (χ1v) is 4.97. The van der Waals surface area contributed by atoms with Gasteiger partial charge < -0.3 is 0 Å². The van der Waals surface area contributed by atoms with Gasteiger partial charge in [-0.15, -0.1) is 0 Å². The molecule has 0 radical (unpaired) electrons. The van der Waals surface area contributed by atoms with Crippen LogP contribution in [0.2, 0.25) is 0 Å². The molecule has 0 fully saturated rings. The lowest BCUT2D eigenvalue weighted by Gasteiger charge is -2.22. The number of hydrogen-bond donors (Lipinski definition) is 0. The van der Waals surface area contributed by atoms with Crippen LogP contribution in [0.5, 0.6) is 0 Å². The zero-order chi connectivity index (χ0) is 8.27. The molecule has 11 heavy (non-hydrogen) atoms. The second-order valence-corrected chi connectivity index (χ2v) is 3.84. The van der Waals surface area contributed by atoms with Gasteiger partial charge in [0.2, 0.25) is 0 Å². The Bertz CT molecular complexity index is 149. The molecule has 0 aromatic heterocycles. The van der Waals surface area contributed by atoms with E-state index in [0.717, 1.165) is 6.54 Å². The summed E-state index contributed by atoms with van der Waals surface area (Å²) in [6, 6.07) is 0. The number of hydrazone groups is 1. The van der Waals surface area contributed by atoms with Crippen molar-refractivity contribution in [2.24, 2.45) is 5.10 Å². The molecule has 0 amide bonds. The largest absolute Gasteiger partial charge is 0.281 e. The fourth-order valence-corrected chi connectivity index (χ4v) is 1.40. The average molecular weight is 267 g/mol. The van der Waals surface area contributed by atoms with Gasteiger partial charge in [0.1, 0.15) is 12.5 Å². The van der Waals surface area contributed by atoms with Crippen molar-refractivity contribution in [3.8, 4) is 0 Å². The second-order valence-electron chi connectivity index (χ2n) is 2.72. The summed E-state index contributed by atoms with van der Waals surface area (Å²) in [7, 11) is 0. The van der Waals surface area contributed by atoms with E-state index in [4.69, 9.17) is 0 Å². The molecule has 0 aliphatic carbocycles. The topological polar surface area (TPSA) is 18.8 Å². The Morgan fingerprint density at radius 2 is 2.36 bits per heavy atom. The van der Waals surface area contributed by atoms with Crippen LogP contribution >= 0.6 is 22.9 Å². The van der Waals surface area contributed by atoms with Crippen molar-refractivity contribution < 1.29 is 0 Å². The van der Waals surface area contributed by atoms with Gasteiger partial charge in [0.15, 0.2) is 0 Å². The maximum Gasteiger partial charge on any atom is 0.125 e.